The highest BCUT2D eigenvalue weighted by Crippen LogP contribution is 2.24. The van der Waals surface area contributed by atoms with Gasteiger partial charge in [-0.1, -0.05) is 24.3 Å². The van der Waals surface area contributed by atoms with Gasteiger partial charge in [0, 0.05) is 30.9 Å². The molecule has 0 saturated heterocycles. The first kappa shape index (κ1) is 15.7. The SMILES string of the molecule is Nc1nc2c(s1)CCN(CC=Cc1cccc(C(=O)O)c1)CC2. The third-order valence-corrected chi connectivity index (χ3v) is 4.91. The average Bonchev–Trinajstić information content (AvgIpc) is 2.79. The molecule has 0 aliphatic carbocycles. The maximum absolute atomic E-state index is 11.0. The standard InChI is InChI=1S/C17H19N3O2S/c18-17-19-14-6-9-20(10-7-15(14)23-17)8-2-4-12-3-1-5-13(11-12)16(21)22/h1-5,11H,6-10H2,(H2,18,19)(H,21,22). The van der Waals surface area contributed by atoms with E-state index in [1.165, 1.54) is 4.88 Å². The Labute approximate surface area is 139 Å². The Bertz CT molecular complexity index is 714. The van der Waals surface area contributed by atoms with Gasteiger partial charge in [0.15, 0.2) is 5.13 Å². The number of anilines is 1. The maximum Gasteiger partial charge on any atom is 0.335 e. The van der Waals surface area contributed by atoms with E-state index in [9.17, 15) is 4.79 Å². The predicted octanol–water partition coefficient (Wildman–Crippen LogP) is 2.54. The Balaban J connectivity index is 1.57. The molecular formula is C17H19N3O2S. The number of benzene rings is 1. The molecule has 1 aliphatic heterocycles. The van der Waals surface area contributed by atoms with E-state index in [1.54, 1.807) is 29.5 Å². The van der Waals surface area contributed by atoms with Crippen LogP contribution < -0.4 is 5.73 Å². The molecule has 0 radical (unpaired) electrons. The first-order valence-electron chi connectivity index (χ1n) is 7.58. The highest BCUT2D eigenvalue weighted by atomic mass is 32.1. The van der Waals surface area contributed by atoms with Crippen LogP contribution in [0.15, 0.2) is 30.3 Å². The van der Waals surface area contributed by atoms with Crippen molar-refractivity contribution in [1.82, 2.24) is 9.88 Å². The lowest BCUT2D eigenvalue weighted by Gasteiger charge is -2.17. The summed E-state index contributed by atoms with van der Waals surface area (Å²) in [5, 5.41) is 9.68. The molecule has 2 aromatic rings. The van der Waals surface area contributed by atoms with Gasteiger partial charge in [0.2, 0.25) is 0 Å². The molecule has 3 rings (SSSR count). The highest BCUT2D eigenvalue weighted by molar-refractivity contribution is 7.15. The third-order valence-electron chi connectivity index (χ3n) is 3.92. The van der Waals surface area contributed by atoms with Crippen molar-refractivity contribution in [2.24, 2.45) is 0 Å². The van der Waals surface area contributed by atoms with Crippen LogP contribution in [0.2, 0.25) is 0 Å². The van der Waals surface area contributed by atoms with E-state index in [1.807, 2.05) is 12.1 Å². The molecule has 0 bridgehead atoms. The number of aromatic carboxylic acids is 1. The maximum atomic E-state index is 11.0. The van der Waals surface area contributed by atoms with Gasteiger partial charge in [-0.3, -0.25) is 4.90 Å². The van der Waals surface area contributed by atoms with Gasteiger partial charge in [0.25, 0.3) is 0 Å². The molecule has 1 aromatic carbocycles. The van der Waals surface area contributed by atoms with Crippen LogP contribution in [-0.2, 0) is 12.8 Å². The molecule has 0 unspecified atom stereocenters. The zero-order chi connectivity index (χ0) is 16.2. The minimum absolute atomic E-state index is 0.315. The molecule has 0 fully saturated rings. The van der Waals surface area contributed by atoms with Crippen molar-refractivity contribution in [3.63, 3.8) is 0 Å². The zero-order valence-corrected chi connectivity index (χ0v) is 13.6. The quantitative estimate of drug-likeness (QED) is 0.901. The molecule has 1 aliphatic rings. The number of carboxylic acid groups (broad SMARTS) is 1. The monoisotopic (exact) mass is 329 g/mol. The molecule has 5 nitrogen and oxygen atoms in total. The van der Waals surface area contributed by atoms with Crippen molar-refractivity contribution in [2.75, 3.05) is 25.4 Å². The Kier molecular flexibility index (Phi) is 4.73. The van der Waals surface area contributed by atoms with Gasteiger partial charge in [-0.05, 0) is 24.1 Å². The van der Waals surface area contributed by atoms with E-state index in [0.29, 0.717) is 10.7 Å². The summed E-state index contributed by atoms with van der Waals surface area (Å²) in [6, 6.07) is 6.97. The van der Waals surface area contributed by atoms with Crippen LogP contribution in [0.3, 0.4) is 0 Å². The van der Waals surface area contributed by atoms with E-state index in [-0.39, 0.29) is 0 Å². The lowest BCUT2D eigenvalue weighted by Crippen LogP contribution is -2.26. The smallest absolute Gasteiger partial charge is 0.335 e. The second kappa shape index (κ2) is 6.93. The number of fused-ring (bicyclic) bond motifs is 1. The van der Waals surface area contributed by atoms with E-state index < -0.39 is 5.97 Å². The van der Waals surface area contributed by atoms with Gasteiger partial charge in [0.1, 0.15) is 0 Å². The van der Waals surface area contributed by atoms with Gasteiger partial charge in [-0.15, -0.1) is 11.3 Å². The molecule has 3 N–H and O–H groups in total. The first-order chi connectivity index (χ1) is 11.1. The summed E-state index contributed by atoms with van der Waals surface area (Å²) >= 11 is 1.60. The number of hydrogen-bond acceptors (Lipinski definition) is 5. The molecule has 6 heteroatoms. The van der Waals surface area contributed by atoms with Crippen LogP contribution in [0.1, 0.15) is 26.5 Å². The minimum atomic E-state index is -0.898. The molecule has 120 valence electrons. The molecule has 23 heavy (non-hydrogen) atoms. The summed E-state index contributed by atoms with van der Waals surface area (Å²) in [5.41, 5.74) is 8.13. The second-order valence-corrected chi connectivity index (χ2v) is 6.67. The van der Waals surface area contributed by atoms with E-state index in [0.717, 1.165) is 43.7 Å². The number of thiazole rings is 1. The van der Waals surface area contributed by atoms with Crippen LogP contribution in [0.25, 0.3) is 6.08 Å². The summed E-state index contributed by atoms with van der Waals surface area (Å²) in [6.07, 6.45) is 5.99. The molecule has 0 amide bonds. The highest BCUT2D eigenvalue weighted by Gasteiger charge is 2.16. The fourth-order valence-corrected chi connectivity index (χ4v) is 3.59. The topological polar surface area (TPSA) is 79.5 Å². The minimum Gasteiger partial charge on any atom is -0.478 e. The van der Waals surface area contributed by atoms with Gasteiger partial charge >= 0.3 is 5.97 Å². The lowest BCUT2D eigenvalue weighted by molar-refractivity contribution is 0.0697. The number of rotatable bonds is 4. The van der Waals surface area contributed by atoms with Crippen molar-refractivity contribution < 1.29 is 9.90 Å². The number of carbonyl (C=O) groups is 1. The van der Waals surface area contributed by atoms with Crippen molar-refractivity contribution >= 4 is 28.5 Å². The lowest BCUT2D eigenvalue weighted by atomic mass is 10.1. The van der Waals surface area contributed by atoms with Crippen LogP contribution in [-0.4, -0.2) is 40.6 Å². The zero-order valence-electron chi connectivity index (χ0n) is 12.7. The van der Waals surface area contributed by atoms with Crippen molar-refractivity contribution in [2.45, 2.75) is 12.8 Å². The van der Waals surface area contributed by atoms with Crippen LogP contribution in [0.5, 0.6) is 0 Å². The Morgan fingerprint density at radius 3 is 3.04 bits per heavy atom. The predicted molar refractivity (Wildman–Crippen MR) is 92.8 cm³/mol. The second-order valence-electron chi connectivity index (χ2n) is 5.56. The Morgan fingerprint density at radius 2 is 2.22 bits per heavy atom. The Morgan fingerprint density at radius 1 is 1.39 bits per heavy atom. The number of aromatic nitrogens is 1. The van der Waals surface area contributed by atoms with Crippen molar-refractivity contribution in [3.05, 3.63) is 52.0 Å². The van der Waals surface area contributed by atoms with Crippen LogP contribution in [0, 0.1) is 0 Å². The fourth-order valence-electron chi connectivity index (χ4n) is 2.73. The van der Waals surface area contributed by atoms with Crippen LogP contribution >= 0.6 is 11.3 Å². The van der Waals surface area contributed by atoms with Gasteiger partial charge in [0.05, 0.1) is 11.3 Å². The van der Waals surface area contributed by atoms with E-state index in [4.69, 9.17) is 10.8 Å². The van der Waals surface area contributed by atoms with E-state index >= 15 is 0 Å². The van der Waals surface area contributed by atoms with Crippen molar-refractivity contribution in [1.29, 1.82) is 0 Å². The summed E-state index contributed by atoms with van der Waals surface area (Å²) in [7, 11) is 0. The van der Waals surface area contributed by atoms with Crippen LogP contribution in [0.4, 0.5) is 5.13 Å². The average molecular weight is 329 g/mol. The number of nitrogen functional groups attached to an aromatic ring is 1. The molecular weight excluding hydrogens is 310 g/mol. The number of nitrogens with zero attached hydrogens (tertiary/aromatic N) is 2. The number of hydrogen-bond donors (Lipinski definition) is 2. The normalized spacial score (nSPS) is 15.5. The Hall–Kier alpha value is -2.18. The van der Waals surface area contributed by atoms with Crippen molar-refractivity contribution in [3.8, 4) is 0 Å². The summed E-state index contributed by atoms with van der Waals surface area (Å²) in [4.78, 5) is 19.1. The molecule has 0 atom stereocenters. The molecule has 0 saturated carbocycles. The fraction of sp³-hybridized carbons (Fsp3) is 0.294. The summed E-state index contributed by atoms with van der Waals surface area (Å²) < 4.78 is 0. The number of carboxylic acids is 1. The molecule has 1 aromatic heterocycles. The molecule has 0 spiro atoms. The molecule has 2 heterocycles. The van der Waals surface area contributed by atoms with Gasteiger partial charge in [-0.2, -0.15) is 0 Å². The number of nitrogens with two attached hydrogens (primary N) is 1. The van der Waals surface area contributed by atoms with E-state index in [2.05, 4.69) is 16.0 Å². The summed E-state index contributed by atoms with van der Waals surface area (Å²) in [6.45, 7) is 2.81. The third kappa shape index (κ3) is 3.97. The summed E-state index contributed by atoms with van der Waals surface area (Å²) in [5.74, 6) is -0.898. The van der Waals surface area contributed by atoms with Gasteiger partial charge < -0.3 is 10.8 Å². The first-order valence-corrected chi connectivity index (χ1v) is 8.40. The largest absolute Gasteiger partial charge is 0.478 e. The van der Waals surface area contributed by atoms with Gasteiger partial charge in [-0.25, -0.2) is 9.78 Å².